The zero-order chi connectivity index (χ0) is 13.1. The van der Waals surface area contributed by atoms with Gasteiger partial charge in [-0.15, -0.1) is 0 Å². The van der Waals surface area contributed by atoms with Gasteiger partial charge in [0, 0.05) is 18.8 Å². The van der Waals surface area contributed by atoms with Crippen LogP contribution >= 0.6 is 0 Å². The molecule has 1 heterocycles. The van der Waals surface area contributed by atoms with Gasteiger partial charge >= 0.3 is 0 Å². The maximum absolute atomic E-state index is 12.3. The summed E-state index contributed by atoms with van der Waals surface area (Å²) in [4.78, 5) is 14.0. The fourth-order valence-electron chi connectivity index (χ4n) is 2.09. The number of carbonyl (C=O) groups excluding carboxylic acids is 1. The van der Waals surface area contributed by atoms with Gasteiger partial charge in [-0.05, 0) is 31.0 Å². The van der Waals surface area contributed by atoms with Gasteiger partial charge in [0.05, 0.1) is 18.8 Å². The zero-order valence-electron chi connectivity index (χ0n) is 10.4. The Morgan fingerprint density at radius 3 is 2.72 bits per heavy atom. The number of hydrogen-bond acceptors (Lipinski definition) is 4. The number of piperidine rings is 1. The predicted molar refractivity (Wildman–Crippen MR) is 68.6 cm³/mol. The molecule has 18 heavy (non-hydrogen) atoms. The van der Waals surface area contributed by atoms with Gasteiger partial charge in [-0.2, -0.15) is 0 Å². The summed E-state index contributed by atoms with van der Waals surface area (Å²) < 4.78 is 5.10. The van der Waals surface area contributed by atoms with Crippen LogP contribution in [-0.2, 0) is 0 Å². The van der Waals surface area contributed by atoms with E-state index in [1.807, 2.05) is 0 Å². The van der Waals surface area contributed by atoms with E-state index in [1.165, 1.54) is 0 Å². The van der Waals surface area contributed by atoms with E-state index in [1.54, 1.807) is 30.2 Å². The van der Waals surface area contributed by atoms with Crippen LogP contribution in [0.5, 0.6) is 5.75 Å². The van der Waals surface area contributed by atoms with Gasteiger partial charge in [0.2, 0.25) is 0 Å². The second-order valence-electron chi connectivity index (χ2n) is 4.48. The third-order valence-electron chi connectivity index (χ3n) is 3.24. The summed E-state index contributed by atoms with van der Waals surface area (Å²) in [5.41, 5.74) is 6.74. The van der Waals surface area contributed by atoms with Crippen molar-refractivity contribution >= 4 is 11.6 Å². The molecule has 1 amide bonds. The van der Waals surface area contributed by atoms with Crippen molar-refractivity contribution in [3.05, 3.63) is 23.8 Å². The Bertz CT molecular complexity index is 440. The molecule has 0 unspecified atom stereocenters. The lowest BCUT2D eigenvalue weighted by molar-refractivity contribution is 0.0547. The number of aliphatic hydroxyl groups excluding tert-OH is 1. The molecule has 5 heteroatoms. The second kappa shape index (κ2) is 5.27. The van der Waals surface area contributed by atoms with Crippen LogP contribution < -0.4 is 10.5 Å². The average molecular weight is 250 g/mol. The van der Waals surface area contributed by atoms with Crippen molar-refractivity contribution in [2.45, 2.75) is 18.9 Å². The molecule has 0 aliphatic carbocycles. The quantitative estimate of drug-likeness (QED) is 0.764. The summed E-state index contributed by atoms with van der Waals surface area (Å²) in [5, 5.41) is 9.43. The fourth-order valence-corrected chi connectivity index (χ4v) is 2.09. The molecule has 1 aromatic carbocycles. The largest absolute Gasteiger partial charge is 0.497 e. The normalized spacial score (nSPS) is 16.7. The van der Waals surface area contributed by atoms with E-state index >= 15 is 0 Å². The van der Waals surface area contributed by atoms with Gasteiger partial charge in [0.25, 0.3) is 5.91 Å². The van der Waals surface area contributed by atoms with Crippen LogP contribution in [0.25, 0.3) is 0 Å². The van der Waals surface area contributed by atoms with Crippen LogP contribution in [0.4, 0.5) is 5.69 Å². The molecule has 0 saturated carbocycles. The van der Waals surface area contributed by atoms with Crippen molar-refractivity contribution in [2.24, 2.45) is 0 Å². The van der Waals surface area contributed by atoms with Gasteiger partial charge < -0.3 is 20.5 Å². The Labute approximate surface area is 106 Å². The van der Waals surface area contributed by atoms with E-state index < -0.39 is 0 Å². The molecular weight excluding hydrogens is 232 g/mol. The summed E-state index contributed by atoms with van der Waals surface area (Å²) in [7, 11) is 1.55. The van der Waals surface area contributed by atoms with E-state index in [9.17, 15) is 9.90 Å². The Morgan fingerprint density at radius 1 is 1.44 bits per heavy atom. The molecule has 98 valence electrons. The first-order valence-corrected chi connectivity index (χ1v) is 6.02. The number of amides is 1. The molecule has 0 spiro atoms. The predicted octanol–water partition coefficient (Wildman–Crippen LogP) is 0.874. The van der Waals surface area contributed by atoms with Crippen molar-refractivity contribution in [2.75, 3.05) is 25.9 Å². The lowest BCUT2D eigenvalue weighted by Gasteiger charge is -2.30. The number of anilines is 1. The molecule has 0 aromatic heterocycles. The monoisotopic (exact) mass is 250 g/mol. The van der Waals surface area contributed by atoms with E-state index in [0.717, 1.165) is 0 Å². The summed E-state index contributed by atoms with van der Waals surface area (Å²) in [5.74, 6) is 0.517. The Balaban J connectivity index is 2.17. The molecule has 1 saturated heterocycles. The van der Waals surface area contributed by atoms with Crippen LogP contribution in [0.2, 0.25) is 0 Å². The average Bonchev–Trinajstić information content (AvgIpc) is 2.39. The molecule has 1 aliphatic heterocycles. The number of nitrogens with zero attached hydrogens (tertiary/aromatic N) is 1. The molecule has 0 bridgehead atoms. The van der Waals surface area contributed by atoms with Crippen LogP contribution in [-0.4, -0.2) is 42.2 Å². The number of nitrogen functional groups attached to an aromatic ring is 1. The highest BCUT2D eigenvalue weighted by atomic mass is 16.5. The molecule has 5 nitrogen and oxygen atoms in total. The van der Waals surface area contributed by atoms with E-state index in [2.05, 4.69) is 0 Å². The van der Waals surface area contributed by atoms with Crippen LogP contribution in [0.3, 0.4) is 0 Å². The minimum Gasteiger partial charge on any atom is -0.497 e. The van der Waals surface area contributed by atoms with Gasteiger partial charge in [0.15, 0.2) is 0 Å². The first-order chi connectivity index (χ1) is 8.61. The number of methoxy groups -OCH3 is 1. The van der Waals surface area contributed by atoms with E-state index in [-0.39, 0.29) is 12.0 Å². The summed E-state index contributed by atoms with van der Waals surface area (Å²) in [6.07, 6.45) is 0.947. The summed E-state index contributed by atoms with van der Waals surface area (Å²) in [6.45, 7) is 1.13. The van der Waals surface area contributed by atoms with Crippen molar-refractivity contribution in [3.63, 3.8) is 0 Å². The molecule has 1 fully saturated rings. The first-order valence-electron chi connectivity index (χ1n) is 6.02. The lowest BCUT2D eigenvalue weighted by Crippen LogP contribution is -2.40. The molecule has 0 radical (unpaired) electrons. The lowest BCUT2D eigenvalue weighted by atomic mass is 10.1. The molecular formula is C13H18N2O3. The topological polar surface area (TPSA) is 75.8 Å². The number of carbonyl (C=O) groups is 1. The maximum atomic E-state index is 12.3. The molecule has 2 rings (SSSR count). The first kappa shape index (κ1) is 12.7. The standard InChI is InChI=1S/C13H18N2O3/c1-18-10-2-3-12(14)11(8-10)13(17)15-6-4-9(16)5-7-15/h2-3,8-9,16H,4-7,14H2,1H3. The molecule has 1 aromatic rings. The van der Waals surface area contributed by atoms with Crippen LogP contribution in [0.1, 0.15) is 23.2 Å². The summed E-state index contributed by atoms with van der Waals surface area (Å²) >= 11 is 0. The number of likely N-dealkylation sites (tertiary alicyclic amines) is 1. The van der Waals surface area contributed by atoms with Crippen LogP contribution in [0.15, 0.2) is 18.2 Å². The SMILES string of the molecule is COc1ccc(N)c(C(=O)N2CCC(O)CC2)c1. The van der Waals surface area contributed by atoms with Gasteiger partial charge in [0.1, 0.15) is 5.75 Å². The highest BCUT2D eigenvalue weighted by Gasteiger charge is 2.23. The van der Waals surface area contributed by atoms with E-state index in [0.29, 0.717) is 42.9 Å². The maximum Gasteiger partial charge on any atom is 0.256 e. The van der Waals surface area contributed by atoms with E-state index in [4.69, 9.17) is 10.5 Å². The van der Waals surface area contributed by atoms with Gasteiger partial charge in [-0.25, -0.2) is 0 Å². The number of benzene rings is 1. The zero-order valence-corrected chi connectivity index (χ0v) is 10.4. The second-order valence-corrected chi connectivity index (χ2v) is 4.48. The Hall–Kier alpha value is -1.75. The number of hydrogen-bond donors (Lipinski definition) is 2. The fraction of sp³-hybridized carbons (Fsp3) is 0.462. The summed E-state index contributed by atoms with van der Waals surface area (Å²) in [6, 6.07) is 5.06. The minimum absolute atomic E-state index is 0.0988. The van der Waals surface area contributed by atoms with Crippen molar-refractivity contribution < 1.29 is 14.6 Å². The number of rotatable bonds is 2. The van der Waals surface area contributed by atoms with Crippen molar-refractivity contribution in [1.29, 1.82) is 0 Å². The minimum atomic E-state index is -0.295. The van der Waals surface area contributed by atoms with Gasteiger partial charge in [-0.3, -0.25) is 4.79 Å². The molecule has 0 atom stereocenters. The number of nitrogens with two attached hydrogens (primary N) is 1. The molecule has 3 N–H and O–H groups in total. The van der Waals surface area contributed by atoms with Gasteiger partial charge in [-0.1, -0.05) is 0 Å². The highest BCUT2D eigenvalue weighted by Crippen LogP contribution is 2.22. The Kier molecular flexibility index (Phi) is 3.72. The smallest absolute Gasteiger partial charge is 0.256 e. The third kappa shape index (κ3) is 2.56. The van der Waals surface area contributed by atoms with Crippen molar-refractivity contribution in [3.8, 4) is 5.75 Å². The number of aliphatic hydroxyl groups is 1. The third-order valence-corrected chi connectivity index (χ3v) is 3.24. The highest BCUT2D eigenvalue weighted by molar-refractivity contribution is 5.99. The van der Waals surface area contributed by atoms with Crippen molar-refractivity contribution in [1.82, 2.24) is 4.90 Å². The van der Waals surface area contributed by atoms with Crippen LogP contribution in [0, 0.1) is 0 Å². The Morgan fingerprint density at radius 2 is 2.11 bits per heavy atom. The number of ether oxygens (including phenoxy) is 1. The molecule has 1 aliphatic rings.